The maximum atomic E-state index is 13.6. The van der Waals surface area contributed by atoms with Crippen LogP contribution in [-0.2, 0) is 26.3 Å². The molecule has 1 spiro atoms. The first-order chi connectivity index (χ1) is 8.19. The molecule has 1 heterocycles. The van der Waals surface area contributed by atoms with Crippen LogP contribution in [0.2, 0.25) is 0 Å². The van der Waals surface area contributed by atoms with Gasteiger partial charge in [0.15, 0.2) is 6.10 Å². The van der Waals surface area contributed by atoms with Gasteiger partial charge in [0.1, 0.15) is 11.4 Å². The van der Waals surface area contributed by atoms with E-state index in [-0.39, 0.29) is 11.8 Å². The van der Waals surface area contributed by atoms with Crippen LogP contribution in [0.5, 0.6) is 0 Å². The molecular weight excluding hydrogens is 223 g/mol. The number of epoxide rings is 1. The van der Waals surface area contributed by atoms with Crippen LogP contribution in [0, 0.1) is 5.82 Å². The molecule has 0 saturated carbocycles. The van der Waals surface area contributed by atoms with Gasteiger partial charge in [-0.15, -0.1) is 0 Å². The molecule has 2 unspecified atom stereocenters. The smallest absolute Gasteiger partial charge is 0.338 e. The maximum Gasteiger partial charge on any atom is 0.338 e. The van der Waals surface area contributed by atoms with Gasteiger partial charge >= 0.3 is 5.97 Å². The fraction of sp³-hybridized carbons (Fsp3) is 0.462. The molecule has 0 amide bonds. The van der Waals surface area contributed by atoms with Crippen LogP contribution in [0.4, 0.5) is 4.39 Å². The Morgan fingerprint density at radius 1 is 1.65 bits per heavy atom. The Bertz CT molecular complexity index is 486. The average molecular weight is 236 g/mol. The zero-order valence-electron chi connectivity index (χ0n) is 9.53. The number of carbonyl (C=O) groups excluding carboxylic acids is 1. The summed E-state index contributed by atoms with van der Waals surface area (Å²) in [7, 11) is 0. The van der Waals surface area contributed by atoms with Crippen LogP contribution in [0.1, 0.15) is 24.5 Å². The summed E-state index contributed by atoms with van der Waals surface area (Å²) in [6, 6.07) is 4.94. The summed E-state index contributed by atoms with van der Waals surface area (Å²) in [5, 5.41) is 0. The highest BCUT2D eigenvalue weighted by molar-refractivity contribution is 5.80. The van der Waals surface area contributed by atoms with E-state index in [1.807, 2.05) is 6.07 Å². The van der Waals surface area contributed by atoms with Gasteiger partial charge < -0.3 is 9.47 Å². The Morgan fingerprint density at radius 3 is 3.24 bits per heavy atom. The number of halogens is 1. The molecule has 90 valence electrons. The molecule has 1 aromatic rings. The van der Waals surface area contributed by atoms with Crippen LogP contribution in [0.3, 0.4) is 0 Å². The van der Waals surface area contributed by atoms with Crippen molar-refractivity contribution >= 4 is 5.97 Å². The fourth-order valence-electron chi connectivity index (χ4n) is 2.68. The predicted molar refractivity (Wildman–Crippen MR) is 57.9 cm³/mol. The van der Waals surface area contributed by atoms with E-state index in [2.05, 4.69) is 0 Å². The Balaban J connectivity index is 1.91. The second kappa shape index (κ2) is 3.53. The van der Waals surface area contributed by atoms with Crippen LogP contribution >= 0.6 is 0 Å². The van der Waals surface area contributed by atoms with Crippen molar-refractivity contribution in [3.8, 4) is 0 Å². The maximum absolute atomic E-state index is 13.6. The zero-order chi connectivity index (χ0) is 12.0. The highest BCUT2D eigenvalue weighted by Gasteiger charge is 2.65. The lowest BCUT2D eigenvalue weighted by atomic mass is 9.97. The van der Waals surface area contributed by atoms with Crippen molar-refractivity contribution in [3.63, 3.8) is 0 Å². The first-order valence-electron chi connectivity index (χ1n) is 5.81. The number of rotatable bonds is 2. The topological polar surface area (TPSA) is 38.8 Å². The Hall–Kier alpha value is -1.42. The highest BCUT2D eigenvalue weighted by atomic mass is 19.1. The number of esters is 1. The van der Waals surface area contributed by atoms with Gasteiger partial charge in [0, 0.05) is 0 Å². The molecule has 17 heavy (non-hydrogen) atoms. The summed E-state index contributed by atoms with van der Waals surface area (Å²) in [5.74, 6) is -0.554. The SMILES string of the molecule is CCOC(=O)C1OC12CCc1c(F)cccc12. The van der Waals surface area contributed by atoms with E-state index in [1.165, 1.54) is 6.07 Å². The van der Waals surface area contributed by atoms with Crippen molar-refractivity contribution in [1.82, 2.24) is 0 Å². The minimum absolute atomic E-state index is 0.211. The van der Waals surface area contributed by atoms with Crippen molar-refractivity contribution in [3.05, 3.63) is 35.1 Å². The molecule has 0 bridgehead atoms. The Morgan fingerprint density at radius 2 is 2.47 bits per heavy atom. The largest absolute Gasteiger partial charge is 0.464 e. The standard InChI is InChI=1S/C13H13FO3/c1-2-16-12(15)11-13(17-11)7-6-8-9(13)4-3-5-10(8)14/h3-5,11H,2,6-7H2,1H3. The second-order valence-electron chi connectivity index (χ2n) is 4.41. The predicted octanol–water partition coefficient (Wildman–Crippen LogP) is 1.93. The monoisotopic (exact) mass is 236 g/mol. The molecule has 1 aromatic carbocycles. The van der Waals surface area contributed by atoms with E-state index in [0.717, 1.165) is 5.56 Å². The van der Waals surface area contributed by atoms with Crippen LogP contribution in [0.15, 0.2) is 18.2 Å². The molecule has 3 rings (SSSR count). The molecule has 1 aliphatic carbocycles. The van der Waals surface area contributed by atoms with Gasteiger partial charge in [-0.3, -0.25) is 0 Å². The third-order valence-corrected chi connectivity index (χ3v) is 3.52. The quantitative estimate of drug-likeness (QED) is 0.581. The normalized spacial score (nSPS) is 29.2. The molecular formula is C13H13FO3. The molecule has 0 N–H and O–H groups in total. The van der Waals surface area contributed by atoms with Crippen LogP contribution in [-0.4, -0.2) is 18.7 Å². The van der Waals surface area contributed by atoms with Gasteiger partial charge in [-0.2, -0.15) is 0 Å². The van der Waals surface area contributed by atoms with Crippen LogP contribution < -0.4 is 0 Å². The first-order valence-corrected chi connectivity index (χ1v) is 5.81. The molecule has 1 aliphatic heterocycles. The lowest BCUT2D eigenvalue weighted by Crippen LogP contribution is -2.19. The van der Waals surface area contributed by atoms with E-state index in [1.54, 1.807) is 13.0 Å². The molecule has 1 saturated heterocycles. The van der Waals surface area contributed by atoms with Gasteiger partial charge in [0.05, 0.1) is 6.61 Å². The van der Waals surface area contributed by atoms with Gasteiger partial charge in [-0.25, -0.2) is 9.18 Å². The summed E-state index contributed by atoms with van der Waals surface area (Å²) >= 11 is 0. The van der Waals surface area contributed by atoms with Crippen molar-refractivity contribution in [2.75, 3.05) is 6.61 Å². The van der Waals surface area contributed by atoms with E-state index in [9.17, 15) is 9.18 Å². The summed E-state index contributed by atoms with van der Waals surface area (Å²) in [6.45, 7) is 2.10. The highest BCUT2D eigenvalue weighted by Crippen LogP contribution is 2.55. The first kappa shape index (κ1) is 10.7. The van der Waals surface area contributed by atoms with E-state index >= 15 is 0 Å². The molecule has 2 atom stereocenters. The van der Waals surface area contributed by atoms with Crippen LogP contribution in [0.25, 0.3) is 0 Å². The average Bonchev–Trinajstić information content (AvgIpc) is 2.91. The van der Waals surface area contributed by atoms with Crippen molar-refractivity contribution in [1.29, 1.82) is 0 Å². The fourth-order valence-corrected chi connectivity index (χ4v) is 2.68. The lowest BCUT2D eigenvalue weighted by Gasteiger charge is -2.06. The number of hydrogen-bond acceptors (Lipinski definition) is 3. The van der Waals surface area contributed by atoms with E-state index in [0.29, 0.717) is 25.0 Å². The third-order valence-electron chi connectivity index (χ3n) is 3.52. The molecule has 3 nitrogen and oxygen atoms in total. The summed E-state index contributed by atoms with van der Waals surface area (Å²) in [4.78, 5) is 11.6. The van der Waals surface area contributed by atoms with E-state index in [4.69, 9.17) is 9.47 Å². The van der Waals surface area contributed by atoms with E-state index < -0.39 is 11.7 Å². The van der Waals surface area contributed by atoms with Gasteiger partial charge in [-0.05, 0) is 37.0 Å². The zero-order valence-corrected chi connectivity index (χ0v) is 9.53. The number of ether oxygens (including phenoxy) is 2. The van der Waals surface area contributed by atoms with Gasteiger partial charge in [0.2, 0.25) is 0 Å². The third kappa shape index (κ3) is 1.40. The minimum Gasteiger partial charge on any atom is -0.464 e. The molecule has 0 aromatic heterocycles. The number of carbonyl (C=O) groups is 1. The Kier molecular flexibility index (Phi) is 2.23. The number of benzene rings is 1. The molecule has 0 radical (unpaired) electrons. The molecule has 1 fully saturated rings. The molecule has 4 heteroatoms. The summed E-state index contributed by atoms with van der Waals surface area (Å²) in [5.41, 5.74) is 0.888. The van der Waals surface area contributed by atoms with Crippen molar-refractivity contribution in [2.45, 2.75) is 31.5 Å². The minimum atomic E-state index is -0.607. The van der Waals surface area contributed by atoms with Gasteiger partial charge in [0.25, 0.3) is 0 Å². The lowest BCUT2D eigenvalue weighted by molar-refractivity contribution is -0.144. The number of hydrogen-bond donors (Lipinski definition) is 0. The van der Waals surface area contributed by atoms with Gasteiger partial charge in [-0.1, -0.05) is 12.1 Å². The molecule has 2 aliphatic rings. The second-order valence-corrected chi connectivity index (χ2v) is 4.41. The summed E-state index contributed by atoms with van der Waals surface area (Å²) < 4.78 is 24.0. The number of fused-ring (bicyclic) bond motifs is 2. The van der Waals surface area contributed by atoms with Crippen molar-refractivity contribution < 1.29 is 18.7 Å². The summed E-state index contributed by atoms with van der Waals surface area (Å²) in [6.07, 6.45) is 0.732. The Labute approximate surface area is 98.5 Å². The van der Waals surface area contributed by atoms with Crippen molar-refractivity contribution in [2.24, 2.45) is 0 Å².